The summed E-state index contributed by atoms with van der Waals surface area (Å²) in [4.78, 5) is 75.8. The zero-order valence-electron chi connectivity index (χ0n) is 21.3. The van der Waals surface area contributed by atoms with Crippen molar-refractivity contribution >= 4 is 41.6 Å². The molecule has 3 amide bonds. The van der Waals surface area contributed by atoms with Gasteiger partial charge in [0.05, 0.1) is 18.9 Å². The SMILES string of the molecule is NC(N)=NCCCC(NC(=O)C(CC(=O)O)NC(=O)C(N)Cc1ccc(O)cc1)C(=O)NC(CC(=O)O)C(=O)O. The number of carbonyl (C=O) groups excluding carboxylic acids is 3. The Hall–Kier alpha value is -4.93. The topological polar surface area (TPSA) is 310 Å². The molecule has 0 bridgehead atoms. The van der Waals surface area contributed by atoms with Crippen LogP contribution in [-0.4, -0.2) is 92.7 Å². The molecule has 4 unspecified atom stereocenters. The summed E-state index contributed by atoms with van der Waals surface area (Å²) >= 11 is 0. The number of nitrogens with one attached hydrogen (secondary N) is 3. The van der Waals surface area contributed by atoms with Crippen molar-refractivity contribution in [3.63, 3.8) is 0 Å². The number of phenolic OH excluding ortho intramolecular Hbond substituents is 1. The Morgan fingerprint density at radius 3 is 1.80 bits per heavy atom. The number of phenols is 1. The van der Waals surface area contributed by atoms with E-state index in [2.05, 4.69) is 15.6 Å². The van der Waals surface area contributed by atoms with Crippen LogP contribution in [0, 0.1) is 0 Å². The third kappa shape index (κ3) is 12.5. The number of benzene rings is 1. The van der Waals surface area contributed by atoms with Gasteiger partial charge in [0.2, 0.25) is 17.7 Å². The number of guanidine groups is 1. The van der Waals surface area contributed by atoms with Crippen LogP contribution >= 0.6 is 0 Å². The number of rotatable bonds is 17. The Bertz CT molecular complexity index is 1110. The molecule has 4 atom stereocenters. The number of nitrogens with zero attached hydrogens (tertiary/aromatic N) is 1. The molecule has 0 aromatic heterocycles. The lowest BCUT2D eigenvalue weighted by Gasteiger charge is -2.24. The second kappa shape index (κ2) is 16.1. The number of aromatic hydroxyl groups is 1. The van der Waals surface area contributed by atoms with Gasteiger partial charge in [0.1, 0.15) is 23.9 Å². The van der Waals surface area contributed by atoms with Crippen molar-refractivity contribution < 1.29 is 49.2 Å². The van der Waals surface area contributed by atoms with E-state index < -0.39 is 72.6 Å². The first-order chi connectivity index (χ1) is 18.7. The highest BCUT2D eigenvalue weighted by molar-refractivity contribution is 5.96. The minimum atomic E-state index is -1.82. The summed E-state index contributed by atoms with van der Waals surface area (Å²) in [5.74, 6) is -7.91. The molecule has 17 nitrogen and oxygen atoms in total. The number of carboxylic acids is 3. The summed E-state index contributed by atoms with van der Waals surface area (Å²) in [5, 5.41) is 43.2. The molecule has 0 aliphatic carbocycles. The molecule has 0 fully saturated rings. The van der Waals surface area contributed by atoms with Crippen molar-refractivity contribution in [3.8, 4) is 5.75 Å². The number of carbonyl (C=O) groups is 6. The molecule has 40 heavy (non-hydrogen) atoms. The van der Waals surface area contributed by atoms with Crippen molar-refractivity contribution in [1.29, 1.82) is 0 Å². The van der Waals surface area contributed by atoms with Gasteiger partial charge in [-0.25, -0.2) is 4.79 Å². The van der Waals surface area contributed by atoms with Crippen LogP contribution in [0.1, 0.15) is 31.2 Å². The second-order valence-corrected chi connectivity index (χ2v) is 8.64. The molecule has 0 aliphatic heterocycles. The minimum absolute atomic E-state index is 0.00510. The Balaban J connectivity index is 3.04. The lowest BCUT2D eigenvalue weighted by molar-refractivity contribution is -0.147. The van der Waals surface area contributed by atoms with Gasteiger partial charge in [0.25, 0.3) is 0 Å². The molecule has 0 saturated heterocycles. The summed E-state index contributed by atoms with van der Waals surface area (Å²) in [5.41, 5.74) is 17.0. The predicted octanol–water partition coefficient (Wildman–Crippen LogP) is -3.20. The van der Waals surface area contributed by atoms with Gasteiger partial charge < -0.3 is 53.6 Å². The normalized spacial score (nSPS) is 13.5. The maximum atomic E-state index is 13.0. The fraction of sp³-hybridized carbons (Fsp3) is 0.435. The third-order valence-corrected chi connectivity index (χ3v) is 5.31. The van der Waals surface area contributed by atoms with Crippen molar-refractivity contribution in [2.24, 2.45) is 22.2 Å². The van der Waals surface area contributed by atoms with Gasteiger partial charge in [-0.1, -0.05) is 12.1 Å². The van der Waals surface area contributed by atoms with Crippen molar-refractivity contribution in [1.82, 2.24) is 16.0 Å². The predicted molar refractivity (Wildman–Crippen MR) is 138 cm³/mol. The van der Waals surface area contributed by atoms with E-state index in [1.165, 1.54) is 24.3 Å². The van der Waals surface area contributed by atoms with E-state index >= 15 is 0 Å². The van der Waals surface area contributed by atoms with Crippen LogP contribution in [-0.2, 0) is 35.2 Å². The van der Waals surface area contributed by atoms with E-state index in [0.29, 0.717) is 5.56 Å². The molecule has 0 spiro atoms. The van der Waals surface area contributed by atoms with Crippen LogP contribution in [0.4, 0.5) is 0 Å². The number of hydrogen-bond donors (Lipinski definition) is 10. The fourth-order valence-electron chi connectivity index (χ4n) is 3.33. The Morgan fingerprint density at radius 2 is 1.27 bits per heavy atom. The van der Waals surface area contributed by atoms with Gasteiger partial charge in [0, 0.05) is 6.54 Å². The Kier molecular flexibility index (Phi) is 13.3. The molecule has 0 heterocycles. The first-order valence-corrected chi connectivity index (χ1v) is 11.9. The van der Waals surface area contributed by atoms with E-state index in [4.69, 9.17) is 22.3 Å². The number of amides is 3. The number of aliphatic carboxylic acids is 3. The molecule has 220 valence electrons. The summed E-state index contributed by atoms with van der Waals surface area (Å²) in [6.45, 7) is 0.0148. The maximum absolute atomic E-state index is 13.0. The zero-order chi connectivity index (χ0) is 30.4. The first kappa shape index (κ1) is 33.1. The maximum Gasteiger partial charge on any atom is 0.326 e. The lowest BCUT2D eigenvalue weighted by atomic mass is 10.0. The summed E-state index contributed by atoms with van der Waals surface area (Å²) < 4.78 is 0. The smallest absolute Gasteiger partial charge is 0.326 e. The summed E-state index contributed by atoms with van der Waals surface area (Å²) in [7, 11) is 0. The van der Waals surface area contributed by atoms with Gasteiger partial charge in [-0.05, 0) is 37.0 Å². The Labute approximate surface area is 227 Å². The molecule has 0 saturated carbocycles. The van der Waals surface area contributed by atoms with Crippen LogP contribution in [0.3, 0.4) is 0 Å². The van der Waals surface area contributed by atoms with Crippen LogP contribution in [0.25, 0.3) is 0 Å². The highest BCUT2D eigenvalue weighted by atomic mass is 16.4. The monoisotopic (exact) mass is 567 g/mol. The second-order valence-electron chi connectivity index (χ2n) is 8.64. The van der Waals surface area contributed by atoms with Crippen LogP contribution in [0.2, 0.25) is 0 Å². The summed E-state index contributed by atoms with van der Waals surface area (Å²) in [6.07, 6.45) is -1.92. The van der Waals surface area contributed by atoms with Gasteiger partial charge in [0.15, 0.2) is 5.96 Å². The van der Waals surface area contributed by atoms with E-state index in [-0.39, 0.29) is 37.5 Å². The number of nitrogens with two attached hydrogens (primary N) is 3. The van der Waals surface area contributed by atoms with Crippen molar-refractivity contribution in [2.75, 3.05) is 6.54 Å². The van der Waals surface area contributed by atoms with Gasteiger partial charge in [-0.15, -0.1) is 0 Å². The van der Waals surface area contributed by atoms with Crippen LogP contribution in [0.15, 0.2) is 29.3 Å². The molecule has 1 rings (SSSR count). The lowest BCUT2D eigenvalue weighted by Crippen LogP contribution is -2.57. The highest BCUT2D eigenvalue weighted by Crippen LogP contribution is 2.11. The quantitative estimate of drug-likeness (QED) is 0.0504. The van der Waals surface area contributed by atoms with Gasteiger partial charge in [-0.2, -0.15) is 0 Å². The average Bonchev–Trinajstić information content (AvgIpc) is 2.85. The molecule has 0 aliphatic rings. The van der Waals surface area contributed by atoms with Gasteiger partial charge in [-0.3, -0.25) is 29.0 Å². The van der Waals surface area contributed by atoms with E-state index in [9.17, 15) is 44.1 Å². The Morgan fingerprint density at radius 1 is 0.775 bits per heavy atom. The average molecular weight is 568 g/mol. The van der Waals surface area contributed by atoms with Crippen molar-refractivity contribution in [3.05, 3.63) is 29.8 Å². The fourth-order valence-corrected chi connectivity index (χ4v) is 3.33. The molecule has 17 heteroatoms. The van der Waals surface area contributed by atoms with E-state index in [1.54, 1.807) is 0 Å². The third-order valence-electron chi connectivity index (χ3n) is 5.31. The molecular formula is C23H33N7O10. The molecular weight excluding hydrogens is 534 g/mol. The van der Waals surface area contributed by atoms with E-state index in [1.807, 2.05) is 5.32 Å². The number of aliphatic imine (C=N–C) groups is 1. The highest BCUT2D eigenvalue weighted by Gasteiger charge is 2.32. The number of carboxylic acid groups (broad SMARTS) is 3. The van der Waals surface area contributed by atoms with Crippen LogP contribution < -0.4 is 33.2 Å². The molecule has 1 aromatic carbocycles. The van der Waals surface area contributed by atoms with E-state index in [0.717, 1.165) is 0 Å². The molecule has 1 aromatic rings. The zero-order valence-corrected chi connectivity index (χ0v) is 21.3. The molecule has 13 N–H and O–H groups in total. The summed E-state index contributed by atoms with van der Waals surface area (Å²) in [6, 6.07) is -0.396. The van der Waals surface area contributed by atoms with Crippen LogP contribution in [0.5, 0.6) is 5.75 Å². The van der Waals surface area contributed by atoms with Crippen molar-refractivity contribution in [2.45, 2.75) is 56.3 Å². The number of hydrogen-bond acceptors (Lipinski definition) is 9. The van der Waals surface area contributed by atoms with Gasteiger partial charge >= 0.3 is 17.9 Å². The molecule has 0 radical (unpaired) electrons. The largest absolute Gasteiger partial charge is 0.508 e. The standard InChI is InChI=1S/C23H33N7O10/c24-13(8-11-3-5-12(31)6-4-11)19(36)29-15(9-17(32)33)21(38)28-14(2-1-7-27-23(25)26)20(37)30-16(22(39)40)10-18(34)35/h3-6,13-16,31H,1-2,7-10,24H2,(H,28,38)(H,29,36)(H,30,37)(H,32,33)(H,34,35)(H,39,40)(H4,25,26,27). The first-order valence-electron chi connectivity index (χ1n) is 11.9. The minimum Gasteiger partial charge on any atom is -0.508 e.